The molecular formula is C21H24ClN5O. The van der Waals surface area contributed by atoms with Gasteiger partial charge in [0.25, 0.3) is 0 Å². The molecule has 146 valence electrons. The predicted octanol–water partition coefficient (Wildman–Crippen LogP) is 3.44. The van der Waals surface area contributed by atoms with Crippen LogP contribution in [0.1, 0.15) is 11.1 Å². The second kappa shape index (κ2) is 9.80. The molecule has 28 heavy (non-hydrogen) atoms. The second-order valence-corrected chi connectivity index (χ2v) is 6.55. The third-order valence-electron chi connectivity index (χ3n) is 4.36. The van der Waals surface area contributed by atoms with E-state index < -0.39 is 0 Å². The minimum atomic E-state index is 0.638. The van der Waals surface area contributed by atoms with Gasteiger partial charge in [0.05, 0.1) is 12.8 Å². The van der Waals surface area contributed by atoms with Gasteiger partial charge >= 0.3 is 0 Å². The van der Waals surface area contributed by atoms with Gasteiger partial charge < -0.3 is 15.4 Å². The van der Waals surface area contributed by atoms with E-state index in [-0.39, 0.29) is 0 Å². The fraction of sp³-hybridized carbons (Fsp3) is 0.238. The van der Waals surface area contributed by atoms with E-state index in [9.17, 15) is 0 Å². The van der Waals surface area contributed by atoms with Gasteiger partial charge in [-0.15, -0.1) is 0 Å². The zero-order chi connectivity index (χ0) is 19.8. The highest BCUT2D eigenvalue weighted by Gasteiger charge is 2.06. The zero-order valence-electron chi connectivity index (χ0n) is 16.0. The lowest BCUT2D eigenvalue weighted by molar-refractivity contribution is 0.414. The molecule has 0 bridgehead atoms. The summed E-state index contributed by atoms with van der Waals surface area (Å²) in [7, 11) is 3.39. The van der Waals surface area contributed by atoms with Crippen molar-refractivity contribution in [2.24, 2.45) is 4.99 Å². The van der Waals surface area contributed by atoms with E-state index in [1.54, 1.807) is 20.4 Å². The summed E-state index contributed by atoms with van der Waals surface area (Å²) in [5.41, 5.74) is 3.24. The van der Waals surface area contributed by atoms with Gasteiger partial charge in [0.2, 0.25) is 0 Å². The molecule has 0 spiro atoms. The van der Waals surface area contributed by atoms with Gasteiger partial charge in [0.1, 0.15) is 5.75 Å². The largest absolute Gasteiger partial charge is 0.497 e. The molecule has 3 aromatic rings. The molecular weight excluding hydrogens is 374 g/mol. The predicted molar refractivity (Wildman–Crippen MR) is 113 cm³/mol. The van der Waals surface area contributed by atoms with Gasteiger partial charge in [-0.05, 0) is 41.8 Å². The number of ether oxygens (including phenoxy) is 1. The first-order valence-corrected chi connectivity index (χ1v) is 9.44. The van der Waals surface area contributed by atoms with Crippen LogP contribution in [-0.4, -0.2) is 36.4 Å². The summed E-state index contributed by atoms with van der Waals surface area (Å²) in [4.78, 5) is 4.30. The van der Waals surface area contributed by atoms with Crippen molar-refractivity contribution in [3.63, 3.8) is 0 Å². The molecule has 3 rings (SSSR count). The summed E-state index contributed by atoms with van der Waals surface area (Å²) in [6.45, 7) is 1.35. The fourth-order valence-corrected chi connectivity index (χ4v) is 3.13. The van der Waals surface area contributed by atoms with Crippen molar-refractivity contribution >= 4 is 17.6 Å². The number of aromatic nitrogens is 2. The lowest BCUT2D eigenvalue weighted by Crippen LogP contribution is -2.38. The monoisotopic (exact) mass is 397 g/mol. The summed E-state index contributed by atoms with van der Waals surface area (Å²) in [5.74, 6) is 1.50. The summed E-state index contributed by atoms with van der Waals surface area (Å²) in [6, 6.07) is 15.8. The number of hydrogen-bond donors (Lipinski definition) is 2. The van der Waals surface area contributed by atoms with Gasteiger partial charge in [-0.2, -0.15) is 5.10 Å². The SMILES string of the molecule is CN=C(NCCc1ccc(OC)cc1Cl)NCc1ccccc1-n1cccn1. The highest BCUT2D eigenvalue weighted by molar-refractivity contribution is 6.31. The lowest BCUT2D eigenvalue weighted by Gasteiger charge is -2.14. The number of para-hydroxylation sites is 1. The molecule has 7 heteroatoms. The minimum absolute atomic E-state index is 0.638. The molecule has 0 radical (unpaired) electrons. The molecule has 0 aliphatic heterocycles. The topological polar surface area (TPSA) is 63.5 Å². The molecule has 2 aromatic carbocycles. The van der Waals surface area contributed by atoms with Crippen LogP contribution in [0.15, 0.2) is 65.9 Å². The molecule has 6 nitrogen and oxygen atoms in total. The molecule has 1 heterocycles. The average molecular weight is 398 g/mol. The fourth-order valence-electron chi connectivity index (χ4n) is 2.87. The molecule has 2 N–H and O–H groups in total. The highest BCUT2D eigenvalue weighted by atomic mass is 35.5. The van der Waals surface area contributed by atoms with Gasteiger partial charge in [0.15, 0.2) is 5.96 Å². The number of methoxy groups -OCH3 is 1. The standard InChI is InChI=1S/C21H24ClN5O/c1-23-21(24-12-10-16-8-9-18(28-2)14-19(16)22)25-15-17-6-3-4-7-20(17)27-13-5-11-26-27/h3-9,11,13-14H,10,12,15H2,1-2H3,(H2,23,24,25). The number of nitrogens with one attached hydrogen (secondary N) is 2. The summed E-state index contributed by atoms with van der Waals surface area (Å²) in [6.07, 6.45) is 4.49. The van der Waals surface area contributed by atoms with Crippen molar-refractivity contribution in [1.82, 2.24) is 20.4 Å². The number of aliphatic imine (C=N–C) groups is 1. The Balaban J connectivity index is 1.55. The Kier molecular flexibility index (Phi) is 6.92. The molecule has 0 aliphatic carbocycles. The van der Waals surface area contributed by atoms with Crippen LogP contribution in [0.2, 0.25) is 5.02 Å². The van der Waals surface area contributed by atoms with Crippen molar-refractivity contribution in [1.29, 1.82) is 0 Å². The van der Waals surface area contributed by atoms with E-state index >= 15 is 0 Å². The van der Waals surface area contributed by atoms with E-state index in [1.165, 1.54) is 0 Å². The average Bonchev–Trinajstić information content (AvgIpc) is 3.26. The summed E-state index contributed by atoms with van der Waals surface area (Å²) >= 11 is 6.30. The first-order valence-electron chi connectivity index (χ1n) is 9.06. The molecule has 0 atom stereocenters. The van der Waals surface area contributed by atoms with Crippen molar-refractivity contribution in [3.8, 4) is 11.4 Å². The normalized spacial score (nSPS) is 11.3. The molecule has 0 saturated heterocycles. The van der Waals surface area contributed by atoms with Crippen molar-refractivity contribution in [2.45, 2.75) is 13.0 Å². The Labute approximate surface area is 170 Å². The van der Waals surface area contributed by atoms with Gasteiger partial charge in [-0.1, -0.05) is 35.9 Å². The van der Waals surface area contributed by atoms with Crippen molar-refractivity contribution in [3.05, 3.63) is 77.1 Å². The molecule has 0 aliphatic rings. The Morgan fingerprint density at radius 2 is 2.00 bits per heavy atom. The van der Waals surface area contributed by atoms with Crippen LogP contribution in [0.3, 0.4) is 0 Å². The first-order chi connectivity index (χ1) is 13.7. The quantitative estimate of drug-likeness (QED) is 0.473. The maximum absolute atomic E-state index is 6.30. The maximum Gasteiger partial charge on any atom is 0.191 e. The van der Waals surface area contributed by atoms with Crippen LogP contribution in [0.5, 0.6) is 5.75 Å². The van der Waals surface area contributed by atoms with E-state index in [1.807, 2.05) is 53.3 Å². The lowest BCUT2D eigenvalue weighted by atomic mass is 10.1. The Bertz CT molecular complexity index is 924. The van der Waals surface area contributed by atoms with E-state index in [0.717, 1.165) is 34.9 Å². The summed E-state index contributed by atoms with van der Waals surface area (Å²) < 4.78 is 7.05. The smallest absolute Gasteiger partial charge is 0.191 e. The highest BCUT2D eigenvalue weighted by Crippen LogP contribution is 2.22. The minimum Gasteiger partial charge on any atom is -0.497 e. The third-order valence-corrected chi connectivity index (χ3v) is 4.71. The van der Waals surface area contributed by atoms with Crippen LogP contribution in [0, 0.1) is 0 Å². The van der Waals surface area contributed by atoms with E-state index in [0.29, 0.717) is 18.1 Å². The maximum atomic E-state index is 6.30. The first kappa shape index (κ1) is 19.8. The van der Waals surface area contributed by atoms with Crippen LogP contribution < -0.4 is 15.4 Å². The van der Waals surface area contributed by atoms with Crippen molar-refractivity contribution in [2.75, 3.05) is 20.7 Å². The van der Waals surface area contributed by atoms with Crippen molar-refractivity contribution < 1.29 is 4.74 Å². The van der Waals surface area contributed by atoms with Gasteiger partial charge in [-0.3, -0.25) is 4.99 Å². The Hall–Kier alpha value is -2.99. The van der Waals surface area contributed by atoms with E-state index in [4.69, 9.17) is 16.3 Å². The zero-order valence-corrected chi connectivity index (χ0v) is 16.8. The van der Waals surface area contributed by atoms with Crippen LogP contribution in [-0.2, 0) is 13.0 Å². The molecule has 1 aromatic heterocycles. The number of benzene rings is 2. The van der Waals surface area contributed by atoms with Gasteiger partial charge in [0, 0.05) is 37.6 Å². The second-order valence-electron chi connectivity index (χ2n) is 6.14. The van der Waals surface area contributed by atoms with Crippen LogP contribution in [0.4, 0.5) is 0 Å². The number of guanidine groups is 1. The Morgan fingerprint density at radius 3 is 2.71 bits per heavy atom. The molecule has 0 fully saturated rings. The van der Waals surface area contributed by atoms with E-state index in [2.05, 4.69) is 26.8 Å². The Morgan fingerprint density at radius 1 is 1.14 bits per heavy atom. The van der Waals surface area contributed by atoms with Gasteiger partial charge in [-0.25, -0.2) is 4.68 Å². The molecule has 0 unspecified atom stereocenters. The number of hydrogen-bond acceptors (Lipinski definition) is 3. The molecule has 0 amide bonds. The third kappa shape index (κ3) is 5.04. The summed E-state index contributed by atoms with van der Waals surface area (Å²) in [5, 5.41) is 11.7. The molecule has 0 saturated carbocycles. The van der Waals surface area contributed by atoms with Crippen LogP contribution >= 0.6 is 11.6 Å². The number of halogens is 1. The van der Waals surface area contributed by atoms with Crippen LogP contribution in [0.25, 0.3) is 5.69 Å². The number of rotatable bonds is 7. The number of nitrogens with zero attached hydrogens (tertiary/aromatic N) is 3.